The summed E-state index contributed by atoms with van der Waals surface area (Å²) >= 11 is 1.69. The van der Waals surface area contributed by atoms with Gasteiger partial charge in [-0.2, -0.15) is 5.10 Å². The number of aryl methyl sites for hydroxylation is 1. The largest absolute Gasteiger partial charge is 0.495 e. The van der Waals surface area contributed by atoms with Crippen molar-refractivity contribution in [2.24, 2.45) is 0 Å². The number of hydrogen-bond acceptors (Lipinski definition) is 4. The van der Waals surface area contributed by atoms with Gasteiger partial charge in [0.15, 0.2) is 0 Å². The molecular weight excluding hydrogens is 334 g/mol. The first kappa shape index (κ1) is 15.9. The molecular formula is C19H19N3O2S. The lowest BCUT2D eigenvalue weighted by Gasteiger charge is -2.10. The molecule has 1 saturated carbocycles. The first-order valence-electron chi connectivity index (χ1n) is 8.25. The van der Waals surface area contributed by atoms with Crippen LogP contribution in [0.25, 0.3) is 23.1 Å². The Bertz CT molecular complexity index is 966. The Morgan fingerprint density at radius 3 is 2.88 bits per heavy atom. The van der Waals surface area contributed by atoms with Crippen LogP contribution in [0.3, 0.4) is 0 Å². The van der Waals surface area contributed by atoms with Crippen molar-refractivity contribution in [1.29, 1.82) is 0 Å². The number of aromatic amines is 1. The van der Waals surface area contributed by atoms with Gasteiger partial charge in [0, 0.05) is 10.9 Å². The van der Waals surface area contributed by atoms with Crippen LogP contribution >= 0.6 is 11.3 Å². The molecule has 0 radical (unpaired) electrons. The Hall–Kier alpha value is -2.60. The van der Waals surface area contributed by atoms with E-state index >= 15 is 0 Å². The molecule has 1 aromatic carbocycles. The van der Waals surface area contributed by atoms with Gasteiger partial charge in [0.2, 0.25) is 0 Å². The van der Waals surface area contributed by atoms with Crippen LogP contribution in [-0.2, 0) is 0 Å². The molecule has 5 nitrogen and oxygen atoms in total. The average Bonchev–Trinajstić information content (AvgIpc) is 3.18. The number of thiophene rings is 1. The molecule has 1 amide bonds. The molecule has 1 aliphatic rings. The maximum atomic E-state index is 12.5. The molecule has 0 unspecified atom stereocenters. The minimum atomic E-state index is -0.0912. The summed E-state index contributed by atoms with van der Waals surface area (Å²) in [7, 11) is 1.59. The highest BCUT2D eigenvalue weighted by molar-refractivity contribution is 7.11. The smallest absolute Gasteiger partial charge is 0.255 e. The zero-order chi connectivity index (χ0) is 17.4. The van der Waals surface area contributed by atoms with Gasteiger partial charge in [0.1, 0.15) is 5.75 Å². The zero-order valence-corrected chi connectivity index (χ0v) is 14.9. The van der Waals surface area contributed by atoms with E-state index in [1.807, 2.05) is 18.2 Å². The Morgan fingerprint density at radius 1 is 1.36 bits per heavy atom. The number of methoxy groups -OCH3 is 1. The fourth-order valence-corrected chi connectivity index (χ4v) is 3.64. The summed E-state index contributed by atoms with van der Waals surface area (Å²) < 4.78 is 5.59. The lowest BCUT2D eigenvalue weighted by Crippen LogP contribution is -2.25. The number of aromatic nitrogens is 2. The van der Waals surface area contributed by atoms with Crippen LogP contribution in [0.4, 0.5) is 0 Å². The van der Waals surface area contributed by atoms with Crippen molar-refractivity contribution in [3.05, 3.63) is 45.3 Å². The van der Waals surface area contributed by atoms with Gasteiger partial charge in [0.05, 0.1) is 29.3 Å². The second-order valence-electron chi connectivity index (χ2n) is 6.23. The topological polar surface area (TPSA) is 67.0 Å². The van der Waals surface area contributed by atoms with Crippen molar-refractivity contribution >= 4 is 40.3 Å². The highest BCUT2D eigenvalue weighted by Crippen LogP contribution is 2.33. The summed E-state index contributed by atoms with van der Waals surface area (Å²) in [6, 6.07) is 6.06. The molecule has 0 atom stereocenters. The van der Waals surface area contributed by atoms with Gasteiger partial charge in [-0.15, -0.1) is 11.3 Å². The van der Waals surface area contributed by atoms with E-state index in [1.54, 1.807) is 24.5 Å². The molecule has 2 heterocycles. The van der Waals surface area contributed by atoms with Gasteiger partial charge in [-0.25, -0.2) is 0 Å². The molecule has 1 aliphatic carbocycles. The van der Waals surface area contributed by atoms with Gasteiger partial charge in [-0.3, -0.25) is 9.89 Å². The second kappa shape index (κ2) is 6.37. The van der Waals surface area contributed by atoms with Crippen LogP contribution in [0.2, 0.25) is 0 Å². The van der Waals surface area contributed by atoms with Crippen molar-refractivity contribution in [3.63, 3.8) is 0 Å². The fourth-order valence-electron chi connectivity index (χ4n) is 2.82. The van der Waals surface area contributed by atoms with E-state index < -0.39 is 0 Å². The molecule has 0 aliphatic heterocycles. The SMILES string of the molecule is COc1c(C(=O)NC2CC2)ccc2[nH]nc(C=Cc3sccc3C)c12. The third kappa shape index (κ3) is 3.05. The van der Waals surface area contributed by atoms with E-state index in [0.717, 1.165) is 29.4 Å². The number of H-pyrrole nitrogens is 1. The first-order chi connectivity index (χ1) is 12.2. The molecule has 128 valence electrons. The lowest BCUT2D eigenvalue weighted by molar-refractivity contribution is 0.0948. The summed E-state index contributed by atoms with van der Waals surface area (Å²) in [6.07, 6.45) is 6.11. The standard InChI is InChI=1S/C19H19N3O2S/c1-11-9-10-25-16(11)8-7-15-17-14(21-22-15)6-5-13(18(17)24-2)19(23)20-12-3-4-12/h5-10,12H,3-4H2,1-2H3,(H,20,23)(H,21,22). The van der Waals surface area contributed by atoms with E-state index in [9.17, 15) is 4.79 Å². The van der Waals surface area contributed by atoms with Crippen molar-refractivity contribution in [2.45, 2.75) is 25.8 Å². The van der Waals surface area contributed by atoms with E-state index in [2.05, 4.69) is 33.9 Å². The summed E-state index contributed by atoms with van der Waals surface area (Å²) in [4.78, 5) is 13.7. The number of fused-ring (bicyclic) bond motifs is 1. The molecule has 0 saturated heterocycles. The molecule has 6 heteroatoms. The van der Waals surface area contributed by atoms with Crippen LogP contribution in [0.5, 0.6) is 5.75 Å². The first-order valence-corrected chi connectivity index (χ1v) is 9.13. The zero-order valence-electron chi connectivity index (χ0n) is 14.1. The number of hydrogen-bond donors (Lipinski definition) is 2. The molecule has 1 fully saturated rings. The van der Waals surface area contributed by atoms with Gasteiger partial charge in [-0.1, -0.05) is 0 Å². The number of rotatable bonds is 5. The number of carbonyl (C=O) groups is 1. The van der Waals surface area contributed by atoms with Gasteiger partial charge < -0.3 is 10.1 Å². The monoisotopic (exact) mass is 353 g/mol. The quantitative estimate of drug-likeness (QED) is 0.728. The van der Waals surface area contributed by atoms with E-state index in [1.165, 1.54) is 10.4 Å². The molecule has 3 aromatic rings. The van der Waals surface area contributed by atoms with Crippen molar-refractivity contribution in [1.82, 2.24) is 15.5 Å². The van der Waals surface area contributed by atoms with Gasteiger partial charge in [-0.05, 0) is 61.1 Å². The average molecular weight is 353 g/mol. The van der Waals surface area contributed by atoms with Crippen molar-refractivity contribution in [2.75, 3.05) is 7.11 Å². The summed E-state index contributed by atoms with van der Waals surface area (Å²) in [5, 5.41) is 13.3. The Labute approximate surface area is 149 Å². The maximum Gasteiger partial charge on any atom is 0.255 e. The third-order valence-corrected chi connectivity index (χ3v) is 5.35. The number of amides is 1. The van der Waals surface area contributed by atoms with E-state index in [0.29, 0.717) is 17.4 Å². The number of carbonyl (C=O) groups excluding carboxylic acids is 1. The summed E-state index contributed by atoms with van der Waals surface area (Å²) in [5.41, 5.74) is 3.39. The lowest BCUT2D eigenvalue weighted by atomic mass is 10.1. The van der Waals surface area contributed by atoms with E-state index in [4.69, 9.17) is 4.74 Å². The van der Waals surface area contributed by atoms with E-state index in [-0.39, 0.29) is 5.91 Å². The van der Waals surface area contributed by atoms with Crippen LogP contribution in [0.15, 0.2) is 23.6 Å². The predicted molar refractivity (Wildman–Crippen MR) is 101 cm³/mol. The normalized spacial score (nSPS) is 14.3. The number of ether oxygens (including phenoxy) is 1. The molecule has 25 heavy (non-hydrogen) atoms. The summed E-state index contributed by atoms with van der Waals surface area (Å²) in [5.74, 6) is 0.471. The Kier molecular flexibility index (Phi) is 4.05. The van der Waals surface area contributed by atoms with Crippen molar-refractivity contribution < 1.29 is 9.53 Å². The molecule has 2 N–H and O–H groups in total. The van der Waals surface area contributed by atoms with Crippen LogP contribution < -0.4 is 10.1 Å². The molecule has 0 spiro atoms. The van der Waals surface area contributed by atoms with Gasteiger partial charge >= 0.3 is 0 Å². The highest BCUT2D eigenvalue weighted by atomic mass is 32.1. The van der Waals surface area contributed by atoms with Gasteiger partial charge in [0.25, 0.3) is 5.91 Å². The maximum absolute atomic E-state index is 12.5. The van der Waals surface area contributed by atoms with Crippen molar-refractivity contribution in [3.8, 4) is 5.75 Å². The third-order valence-electron chi connectivity index (χ3n) is 4.37. The highest BCUT2D eigenvalue weighted by Gasteiger charge is 2.26. The predicted octanol–water partition coefficient (Wildman–Crippen LogP) is 4.00. The Balaban J connectivity index is 1.76. The minimum Gasteiger partial charge on any atom is -0.495 e. The molecule has 0 bridgehead atoms. The number of nitrogens with one attached hydrogen (secondary N) is 2. The molecule has 2 aromatic heterocycles. The second-order valence-corrected chi connectivity index (χ2v) is 7.17. The fraction of sp³-hybridized carbons (Fsp3) is 0.263. The summed E-state index contributed by atoms with van der Waals surface area (Å²) in [6.45, 7) is 2.08. The van der Waals surface area contributed by atoms with Crippen LogP contribution in [0.1, 0.15) is 39.3 Å². The number of benzene rings is 1. The number of nitrogens with zero attached hydrogens (tertiary/aromatic N) is 1. The van der Waals surface area contributed by atoms with Crippen LogP contribution in [0, 0.1) is 6.92 Å². The Morgan fingerprint density at radius 2 is 2.20 bits per heavy atom. The minimum absolute atomic E-state index is 0.0912. The molecule has 4 rings (SSSR count). The van der Waals surface area contributed by atoms with Crippen LogP contribution in [-0.4, -0.2) is 29.3 Å².